The fourth-order valence-electron chi connectivity index (χ4n) is 6.93. The van der Waals surface area contributed by atoms with Crippen molar-refractivity contribution in [3.8, 4) is 0 Å². The summed E-state index contributed by atoms with van der Waals surface area (Å²) in [5.74, 6) is -1.08. The number of unbranched alkanes of at least 4 members (excludes halogenated alkanes) is 15. The van der Waals surface area contributed by atoms with Crippen LogP contribution >= 0.6 is 0 Å². The molecule has 0 heterocycles. The second kappa shape index (κ2) is 55.1. The lowest BCUT2D eigenvalue weighted by Crippen LogP contribution is -2.30. The zero-order valence-corrected chi connectivity index (χ0v) is 43.6. The zero-order chi connectivity index (χ0) is 49.3. The van der Waals surface area contributed by atoms with Crippen molar-refractivity contribution in [3.05, 3.63) is 134 Å². The van der Waals surface area contributed by atoms with Gasteiger partial charge >= 0.3 is 17.9 Å². The van der Waals surface area contributed by atoms with Crippen molar-refractivity contribution in [2.45, 2.75) is 226 Å². The van der Waals surface area contributed by atoms with Gasteiger partial charge in [0.15, 0.2) is 6.10 Å². The predicted octanol–water partition coefficient (Wildman–Crippen LogP) is 18.3. The first kappa shape index (κ1) is 63.5. The molecule has 0 rings (SSSR count). The van der Waals surface area contributed by atoms with Crippen molar-refractivity contribution in [2.24, 2.45) is 0 Å². The molecule has 0 saturated heterocycles. The highest BCUT2D eigenvalue weighted by Gasteiger charge is 2.19. The van der Waals surface area contributed by atoms with E-state index in [1.54, 1.807) is 6.08 Å². The molecule has 0 aliphatic heterocycles. The molecular weight excluding hydrogens is 841 g/mol. The molecule has 0 aromatic carbocycles. The van der Waals surface area contributed by atoms with Gasteiger partial charge < -0.3 is 14.2 Å². The maximum atomic E-state index is 12.7. The summed E-state index contributed by atoms with van der Waals surface area (Å²) in [6, 6.07) is 0. The first-order valence-corrected chi connectivity index (χ1v) is 27.2. The molecule has 0 aliphatic carbocycles. The summed E-state index contributed by atoms with van der Waals surface area (Å²) in [6.07, 6.45) is 77.5. The first-order chi connectivity index (χ1) is 33.5. The van der Waals surface area contributed by atoms with Gasteiger partial charge in [-0.05, 0) is 96.3 Å². The largest absolute Gasteiger partial charge is 0.462 e. The standard InChI is InChI=1S/C62H98O6/c1-4-7-10-13-16-19-22-24-26-27-28-29-30-31-32-33-34-35-37-38-40-43-46-49-52-55-61(64)67-58-59(57-66-60(63)54-51-48-45-42-21-18-15-12-9-6-3)68-62(65)56-53-50-47-44-41-39-36-25-23-20-17-14-11-8-5-2/h7-8,10-11,16-17,19-20,24-26,28-29,31-32,34-36,41,44,50,53,59H,4-6,9,12-15,18,21-23,27,30,33,37-40,42-43,45-49,51-52,54-58H2,1-3H3/b10-7-,11-8-,19-16-,20-17-,26-24-,29-28-,32-31-,35-34-,36-25-,44-41-,53-50-. The van der Waals surface area contributed by atoms with Gasteiger partial charge in [-0.15, -0.1) is 0 Å². The molecule has 6 heteroatoms. The summed E-state index contributed by atoms with van der Waals surface area (Å²) < 4.78 is 16.7. The van der Waals surface area contributed by atoms with Gasteiger partial charge in [0, 0.05) is 12.8 Å². The molecule has 0 radical (unpaired) electrons. The zero-order valence-electron chi connectivity index (χ0n) is 43.6. The minimum Gasteiger partial charge on any atom is -0.462 e. The average Bonchev–Trinajstić information content (AvgIpc) is 3.34. The molecule has 1 unspecified atom stereocenters. The van der Waals surface area contributed by atoms with Gasteiger partial charge in [0.1, 0.15) is 13.2 Å². The monoisotopic (exact) mass is 939 g/mol. The van der Waals surface area contributed by atoms with Crippen molar-refractivity contribution < 1.29 is 28.6 Å². The number of carbonyl (C=O) groups excluding carboxylic acids is 3. The van der Waals surface area contributed by atoms with Crippen molar-refractivity contribution in [3.63, 3.8) is 0 Å². The van der Waals surface area contributed by atoms with Crippen LogP contribution in [0.25, 0.3) is 0 Å². The molecule has 0 spiro atoms. The fourth-order valence-corrected chi connectivity index (χ4v) is 6.93. The molecule has 0 saturated carbocycles. The third-order valence-corrected chi connectivity index (χ3v) is 10.9. The van der Waals surface area contributed by atoms with Gasteiger partial charge in [0.25, 0.3) is 0 Å². The number of hydrogen-bond donors (Lipinski definition) is 0. The predicted molar refractivity (Wildman–Crippen MR) is 292 cm³/mol. The second-order valence-corrected chi connectivity index (χ2v) is 17.4. The Balaban J connectivity index is 4.43. The number of ether oxygens (including phenoxy) is 3. The average molecular weight is 939 g/mol. The topological polar surface area (TPSA) is 78.9 Å². The number of esters is 3. The quantitative estimate of drug-likeness (QED) is 0.0262. The van der Waals surface area contributed by atoms with Gasteiger partial charge in [-0.3, -0.25) is 14.4 Å². The summed E-state index contributed by atoms with van der Waals surface area (Å²) in [5.41, 5.74) is 0. The molecule has 0 aromatic heterocycles. The van der Waals surface area contributed by atoms with E-state index in [2.05, 4.69) is 142 Å². The molecule has 0 amide bonds. The van der Waals surface area contributed by atoms with E-state index in [9.17, 15) is 14.4 Å². The van der Waals surface area contributed by atoms with Crippen molar-refractivity contribution in [1.29, 1.82) is 0 Å². The summed E-state index contributed by atoms with van der Waals surface area (Å²) in [5, 5.41) is 0. The molecule has 1 atom stereocenters. The Bertz CT molecular complexity index is 1500. The third kappa shape index (κ3) is 52.5. The van der Waals surface area contributed by atoms with E-state index in [4.69, 9.17) is 14.2 Å². The Morgan fingerprint density at radius 2 is 0.618 bits per heavy atom. The van der Waals surface area contributed by atoms with E-state index in [-0.39, 0.29) is 31.6 Å². The van der Waals surface area contributed by atoms with E-state index < -0.39 is 12.1 Å². The highest BCUT2D eigenvalue weighted by molar-refractivity contribution is 5.72. The van der Waals surface area contributed by atoms with Gasteiger partial charge in [0.2, 0.25) is 0 Å². The van der Waals surface area contributed by atoms with Crippen molar-refractivity contribution >= 4 is 17.9 Å². The first-order valence-electron chi connectivity index (χ1n) is 27.2. The number of carbonyl (C=O) groups is 3. The molecule has 382 valence electrons. The Kier molecular flexibility index (Phi) is 51.5. The van der Waals surface area contributed by atoms with Gasteiger partial charge in [-0.2, -0.15) is 0 Å². The Hall–Kier alpha value is -4.45. The van der Waals surface area contributed by atoms with Gasteiger partial charge in [0.05, 0.1) is 6.42 Å². The van der Waals surface area contributed by atoms with E-state index in [0.717, 1.165) is 116 Å². The molecular formula is C62H98O6. The molecule has 0 aromatic rings. The third-order valence-electron chi connectivity index (χ3n) is 10.9. The highest BCUT2D eigenvalue weighted by atomic mass is 16.6. The summed E-state index contributed by atoms with van der Waals surface area (Å²) in [7, 11) is 0. The Morgan fingerprint density at radius 1 is 0.324 bits per heavy atom. The maximum Gasteiger partial charge on any atom is 0.310 e. The minimum atomic E-state index is -0.841. The van der Waals surface area contributed by atoms with Gasteiger partial charge in [-0.1, -0.05) is 238 Å². The molecule has 0 aliphatic rings. The van der Waals surface area contributed by atoms with Crippen LogP contribution in [0.5, 0.6) is 0 Å². The van der Waals surface area contributed by atoms with Crippen LogP contribution in [-0.2, 0) is 28.6 Å². The van der Waals surface area contributed by atoms with Crippen LogP contribution in [-0.4, -0.2) is 37.2 Å². The van der Waals surface area contributed by atoms with Crippen LogP contribution in [0.4, 0.5) is 0 Å². The van der Waals surface area contributed by atoms with E-state index >= 15 is 0 Å². The summed E-state index contributed by atoms with van der Waals surface area (Å²) in [4.78, 5) is 37.9. The Labute approximate surface area is 417 Å². The lowest BCUT2D eigenvalue weighted by molar-refractivity contribution is -0.166. The smallest absolute Gasteiger partial charge is 0.310 e. The van der Waals surface area contributed by atoms with Crippen LogP contribution in [0.3, 0.4) is 0 Å². The van der Waals surface area contributed by atoms with Crippen LogP contribution in [0.2, 0.25) is 0 Å². The van der Waals surface area contributed by atoms with E-state index in [1.165, 1.54) is 57.8 Å². The lowest BCUT2D eigenvalue weighted by atomic mass is 10.1. The van der Waals surface area contributed by atoms with Crippen LogP contribution in [0.1, 0.15) is 220 Å². The van der Waals surface area contributed by atoms with Gasteiger partial charge in [-0.25, -0.2) is 0 Å². The van der Waals surface area contributed by atoms with E-state index in [1.807, 2.05) is 6.08 Å². The molecule has 0 bridgehead atoms. The normalized spacial score (nSPS) is 13.2. The SMILES string of the molecule is CC/C=C\C/C=C\C/C=C\C/C=C\C/C=C\C/C=C\CCCCCCCCC(=O)OCC(COC(=O)CCCCCCCCCCCC)OC(=O)C/C=C\C/C=C\C/C=C\C/C=C\C/C=C\CC. The van der Waals surface area contributed by atoms with Crippen molar-refractivity contribution in [2.75, 3.05) is 13.2 Å². The lowest BCUT2D eigenvalue weighted by Gasteiger charge is -2.18. The molecule has 68 heavy (non-hydrogen) atoms. The number of hydrogen-bond acceptors (Lipinski definition) is 6. The number of rotatable bonds is 47. The fraction of sp³-hybridized carbons (Fsp3) is 0.597. The van der Waals surface area contributed by atoms with Crippen molar-refractivity contribution in [1.82, 2.24) is 0 Å². The number of allylic oxidation sites excluding steroid dienone is 21. The van der Waals surface area contributed by atoms with Crippen LogP contribution in [0.15, 0.2) is 134 Å². The summed E-state index contributed by atoms with van der Waals surface area (Å²) in [6.45, 7) is 6.28. The van der Waals surface area contributed by atoms with Crippen LogP contribution < -0.4 is 0 Å². The maximum absolute atomic E-state index is 12.7. The highest BCUT2D eigenvalue weighted by Crippen LogP contribution is 2.13. The summed E-state index contributed by atoms with van der Waals surface area (Å²) >= 11 is 0. The minimum absolute atomic E-state index is 0.0892. The van der Waals surface area contributed by atoms with Crippen LogP contribution in [0, 0.1) is 0 Å². The van der Waals surface area contributed by atoms with E-state index in [0.29, 0.717) is 19.3 Å². The Morgan fingerprint density at radius 3 is 0.971 bits per heavy atom. The second-order valence-electron chi connectivity index (χ2n) is 17.4. The molecule has 0 fully saturated rings. The molecule has 0 N–H and O–H groups in total. The molecule has 6 nitrogen and oxygen atoms in total.